The smallest absolute Gasteiger partial charge is 0.140 e. The van der Waals surface area contributed by atoms with E-state index in [1.54, 1.807) is 6.33 Å². The lowest BCUT2D eigenvalue weighted by Gasteiger charge is -2.54. The molecule has 3 fully saturated rings. The first-order valence-corrected chi connectivity index (χ1v) is 12.2. The second-order valence-electron chi connectivity index (χ2n) is 9.64. The fourth-order valence-electron chi connectivity index (χ4n) is 5.83. The van der Waals surface area contributed by atoms with E-state index in [9.17, 15) is 0 Å². The van der Waals surface area contributed by atoms with E-state index in [1.165, 1.54) is 54.6 Å². The van der Waals surface area contributed by atoms with E-state index < -0.39 is 0 Å². The van der Waals surface area contributed by atoms with Gasteiger partial charge < -0.3 is 4.90 Å². The maximum absolute atomic E-state index is 4.71. The maximum atomic E-state index is 4.71. The molecule has 3 aromatic rings. The molecule has 0 bridgehead atoms. The molecule has 1 spiro atoms. The van der Waals surface area contributed by atoms with E-state index in [-0.39, 0.29) is 0 Å². The molecule has 1 atom stereocenters. The van der Waals surface area contributed by atoms with Gasteiger partial charge in [0.2, 0.25) is 0 Å². The van der Waals surface area contributed by atoms with Crippen LogP contribution in [-0.4, -0.2) is 50.8 Å². The molecule has 7 heteroatoms. The van der Waals surface area contributed by atoms with E-state index >= 15 is 0 Å². The van der Waals surface area contributed by atoms with E-state index in [0.717, 1.165) is 36.1 Å². The number of hydrogen-bond acceptors (Lipinski definition) is 6. The highest BCUT2D eigenvalue weighted by molar-refractivity contribution is 7.18. The molecular formula is C23H30N6S. The fraction of sp³-hybridized carbons (Fsp3) is 0.609. The number of anilines is 1. The minimum absolute atomic E-state index is 0.422. The van der Waals surface area contributed by atoms with Crippen LogP contribution in [0.2, 0.25) is 0 Å². The van der Waals surface area contributed by atoms with Gasteiger partial charge in [-0.1, -0.05) is 13.3 Å². The third-order valence-corrected chi connectivity index (χ3v) is 8.77. The lowest BCUT2D eigenvalue weighted by molar-refractivity contribution is -0.0495. The Kier molecular flexibility index (Phi) is 4.39. The Hall–Kier alpha value is -1.99. The Bertz CT molecular complexity index is 1060. The zero-order valence-electron chi connectivity index (χ0n) is 17.9. The van der Waals surface area contributed by atoms with Crippen LogP contribution in [0.25, 0.3) is 10.2 Å². The Balaban J connectivity index is 1.20. The number of likely N-dealkylation sites (tertiary alicyclic amines) is 1. The van der Waals surface area contributed by atoms with E-state index in [2.05, 4.69) is 45.3 Å². The molecule has 3 aliphatic rings. The highest BCUT2D eigenvalue weighted by Crippen LogP contribution is 2.50. The molecule has 1 aliphatic carbocycles. The Morgan fingerprint density at radius 1 is 1.23 bits per heavy atom. The highest BCUT2D eigenvalue weighted by atomic mass is 32.1. The predicted octanol–water partition coefficient (Wildman–Crippen LogP) is 4.04. The third-order valence-electron chi connectivity index (χ3n) is 7.58. The highest BCUT2D eigenvalue weighted by Gasteiger charge is 2.51. The maximum Gasteiger partial charge on any atom is 0.140 e. The van der Waals surface area contributed by atoms with Crippen LogP contribution in [0.5, 0.6) is 0 Å². The SMILES string of the molecule is CCc1cc2c(N3CCC4(C3)CN(C(c3cnn(C)c3)C3CCC3)C4)ncnc2s1. The van der Waals surface area contributed by atoms with Crippen LogP contribution in [0.4, 0.5) is 5.82 Å². The van der Waals surface area contributed by atoms with Gasteiger partial charge in [0.15, 0.2) is 0 Å². The van der Waals surface area contributed by atoms with Crippen LogP contribution in [0, 0.1) is 11.3 Å². The van der Waals surface area contributed by atoms with E-state index in [0.29, 0.717) is 11.5 Å². The van der Waals surface area contributed by atoms with Crippen LogP contribution in [0.3, 0.4) is 0 Å². The summed E-state index contributed by atoms with van der Waals surface area (Å²) < 4.78 is 1.96. The fourth-order valence-corrected chi connectivity index (χ4v) is 6.76. The zero-order chi connectivity index (χ0) is 20.3. The van der Waals surface area contributed by atoms with Gasteiger partial charge in [0, 0.05) is 61.3 Å². The second kappa shape index (κ2) is 7.02. The molecule has 0 amide bonds. The number of aryl methyl sites for hydroxylation is 2. The molecule has 158 valence electrons. The predicted molar refractivity (Wildman–Crippen MR) is 121 cm³/mol. The summed E-state index contributed by atoms with van der Waals surface area (Å²) in [5, 5.41) is 5.71. The quantitative estimate of drug-likeness (QED) is 0.621. The molecule has 6 rings (SSSR count). The molecule has 0 N–H and O–H groups in total. The summed E-state index contributed by atoms with van der Waals surface area (Å²) in [5.74, 6) is 1.96. The summed E-state index contributed by atoms with van der Waals surface area (Å²) in [4.78, 5) is 17.0. The zero-order valence-corrected chi connectivity index (χ0v) is 18.7. The van der Waals surface area contributed by atoms with Crippen LogP contribution in [0.15, 0.2) is 24.8 Å². The van der Waals surface area contributed by atoms with Gasteiger partial charge in [-0.3, -0.25) is 9.58 Å². The van der Waals surface area contributed by atoms with Gasteiger partial charge in [-0.25, -0.2) is 9.97 Å². The van der Waals surface area contributed by atoms with Gasteiger partial charge in [-0.15, -0.1) is 11.3 Å². The van der Waals surface area contributed by atoms with Crippen molar-refractivity contribution in [1.29, 1.82) is 0 Å². The van der Waals surface area contributed by atoms with E-state index in [1.807, 2.05) is 23.1 Å². The van der Waals surface area contributed by atoms with Crippen molar-refractivity contribution in [2.24, 2.45) is 18.4 Å². The monoisotopic (exact) mass is 422 g/mol. The van der Waals surface area contributed by atoms with Crippen LogP contribution in [0.1, 0.15) is 49.1 Å². The van der Waals surface area contributed by atoms with Crippen molar-refractivity contribution in [3.63, 3.8) is 0 Å². The minimum Gasteiger partial charge on any atom is -0.355 e. The lowest BCUT2D eigenvalue weighted by atomic mass is 9.71. The van der Waals surface area contributed by atoms with Crippen molar-refractivity contribution in [3.05, 3.63) is 35.2 Å². The summed E-state index contributed by atoms with van der Waals surface area (Å²) in [6, 6.07) is 2.87. The van der Waals surface area contributed by atoms with Gasteiger partial charge in [0.05, 0.1) is 11.6 Å². The molecule has 1 unspecified atom stereocenters. The number of hydrogen-bond donors (Lipinski definition) is 0. The van der Waals surface area contributed by atoms with Crippen molar-refractivity contribution < 1.29 is 0 Å². The average molecular weight is 423 g/mol. The van der Waals surface area contributed by atoms with Crippen LogP contribution in [-0.2, 0) is 13.5 Å². The normalized spacial score (nSPS) is 22.5. The largest absolute Gasteiger partial charge is 0.355 e. The molecule has 30 heavy (non-hydrogen) atoms. The average Bonchev–Trinajstić information content (AvgIpc) is 3.40. The second-order valence-corrected chi connectivity index (χ2v) is 10.8. The standard InChI is InChI=1S/C23H30N6S/c1-3-18-9-19-21(24-15-25-22(19)30-18)28-8-7-23(12-28)13-29(14-23)20(16-5-4-6-16)17-10-26-27(2)11-17/h9-11,15-16,20H,3-8,12-14H2,1-2H3. The topological polar surface area (TPSA) is 50.1 Å². The summed E-state index contributed by atoms with van der Waals surface area (Å²) in [5.41, 5.74) is 1.83. The summed E-state index contributed by atoms with van der Waals surface area (Å²) in [6.45, 7) is 6.86. The van der Waals surface area contributed by atoms with Gasteiger partial charge in [0.1, 0.15) is 17.0 Å². The number of fused-ring (bicyclic) bond motifs is 1. The Morgan fingerprint density at radius 3 is 2.80 bits per heavy atom. The summed E-state index contributed by atoms with van der Waals surface area (Å²) >= 11 is 1.81. The van der Waals surface area contributed by atoms with Crippen molar-refractivity contribution in [3.8, 4) is 0 Å². The van der Waals surface area contributed by atoms with Gasteiger partial charge in [-0.2, -0.15) is 5.10 Å². The van der Waals surface area contributed by atoms with Crippen molar-refractivity contribution >= 4 is 27.4 Å². The third kappa shape index (κ3) is 2.97. The molecule has 0 radical (unpaired) electrons. The Morgan fingerprint density at radius 2 is 2.10 bits per heavy atom. The van der Waals surface area contributed by atoms with E-state index in [4.69, 9.17) is 4.98 Å². The first-order chi connectivity index (χ1) is 14.6. The van der Waals surface area contributed by atoms with Crippen molar-refractivity contribution in [2.45, 2.75) is 45.1 Å². The number of rotatable bonds is 5. The molecule has 0 aromatic carbocycles. The van der Waals surface area contributed by atoms with Gasteiger partial charge in [-0.05, 0) is 37.7 Å². The first kappa shape index (κ1) is 18.8. The van der Waals surface area contributed by atoms with Gasteiger partial charge >= 0.3 is 0 Å². The molecule has 1 saturated carbocycles. The van der Waals surface area contributed by atoms with Crippen molar-refractivity contribution in [1.82, 2.24) is 24.6 Å². The number of thiophene rings is 1. The molecular weight excluding hydrogens is 392 g/mol. The summed E-state index contributed by atoms with van der Waals surface area (Å²) in [6.07, 6.45) is 12.5. The summed E-state index contributed by atoms with van der Waals surface area (Å²) in [7, 11) is 2.03. The number of aromatic nitrogens is 4. The lowest BCUT2D eigenvalue weighted by Crippen LogP contribution is -2.59. The molecule has 2 aliphatic heterocycles. The molecule has 5 heterocycles. The van der Waals surface area contributed by atoms with Crippen molar-refractivity contribution in [2.75, 3.05) is 31.1 Å². The van der Waals surface area contributed by atoms with Crippen LogP contribution >= 0.6 is 11.3 Å². The first-order valence-electron chi connectivity index (χ1n) is 11.4. The Labute approximate surface area is 181 Å². The van der Waals surface area contributed by atoms with Crippen LogP contribution < -0.4 is 4.90 Å². The minimum atomic E-state index is 0.422. The number of nitrogens with zero attached hydrogens (tertiary/aromatic N) is 6. The van der Waals surface area contributed by atoms with Gasteiger partial charge in [0.25, 0.3) is 0 Å². The molecule has 2 saturated heterocycles. The molecule has 3 aromatic heterocycles. The molecule has 6 nitrogen and oxygen atoms in total.